The number of aliphatic hydroxyl groups excluding tert-OH is 1. The SMILES string of the molecule is Cc1nn(Cc2ccccc2)c(Cl)c1CN(Cc1cccc(O)c1)C1CCC(O)CC1. The summed E-state index contributed by atoms with van der Waals surface area (Å²) in [6.45, 7) is 4.06. The van der Waals surface area contributed by atoms with Gasteiger partial charge >= 0.3 is 0 Å². The lowest BCUT2D eigenvalue weighted by Crippen LogP contribution is -2.38. The lowest BCUT2D eigenvalue weighted by atomic mass is 9.91. The molecule has 0 atom stereocenters. The van der Waals surface area contributed by atoms with Crippen molar-refractivity contribution in [1.82, 2.24) is 14.7 Å². The molecule has 164 valence electrons. The van der Waals surface area contributed by atoms with Crippen molar-refractivity contribution in [1.29, 1.82) is 0 Å². The van der Waals surface area contributed by atoms with E-state index in [0.29, 0.717) is 24.3 Å². The third kappa shape index (κ3) is 5.48. The summed E-state index contributed by atoms with van der Waals surface area (Å²) in [5.41, 5.74) is 4.22. The molecule has 1 aliphatic carbocycles. The van der Waals surface area contributed by atoms with Gasteiger partial charge in [-0.25, -0.2) is 4.68 Å². The fourth-order valence-corrected chi connectivity index (χ4v) is 4.76. The summed E-state index contributed by atoms with van der Waals surface area (Å²) in [7, 11) is 0. The van der Waals surface area contributed by atoms with Crippen LogP contribution >= 0.6 is 11.6 Å². The largest absolute Gasteiger partial charge is 0.508 e. The molecule has 2 N–H and O–H groups in total. The van der Waals surface area contributed by atoms with Crippen molar-refractivity contribution in [3.8, 4) is 5.75 Å². The van der Waals surface area contributed by atoms with E-state index in [1.54, 1.807) is 6.07 Å². The van der Waals surface area contributed by atoms with Crippen LogP contribution in [0.2, 0.25) is 5.15 Å². The van der Waals surface area contributed by atoms with Crippen LogP contribution in [0.25, 0.3) is 0 Å². The molecule has 2 aromatic carbocycles. The minimum absolute atomic E-state index is 0.196. The van der Waals surface area contributed by atoms with Crippen molar-refractivity contribution in [2.75, 3.05) is 0 Å². The molecule has 3 aromatic rings. The fraction of sp³-hybridized carbons (Fsp3) is 0.400. The molecule has 0 amide bonds. The Bertz CT molecular complexity index is 997. The van der Waals surface area contributed by atoms with Crippen molar-refractivity contribution in [3.05, 3.63) is 82.1 Å². The number of benzene rings is 2. The molecule has 0 unspecified atom stereocenters. The summed E-state index contributed by atoms with van der Waals surface area (Å²) >= 11 is 6.81. The van der Waals surface area contributed by atoms with Gasteiger partial charge in [-0.2, -0.15) is 5.10 Å². The summed E-state index contributed by atoms with van der Waals surface area (Å²) in [4.78, 5) is 2.42. The van der Waals surface area contributed by atoms with Crippen LogP contribution in [0.1, 0.15) is 48.1 Å². The maximum Gasteiger partial charge on any atom is 0.132 e. The van der Waals surface area contributed by atoms with Crippen LogP contribution in [0, 0.1) is 6.92 Å². The van der Waals surface area contributed by atoms with Gasteiger partial charge in [-0.3, -0.25) is 4.90 Å². The van der Waals surface area contributed by atoms with Crippen LogP contribution in [0.3, 0.4) is 0 Å². The lowest BCUT2D eigenvalue weighted by Gasteiger charge is -2.36. The van der Waals surface area contributed by atoms with Crippen LogP contribution in [0.4, 0.5) is 0 Å². The Morgan fingerprint density at radius 1 is 1.00 bits per heavy atom. The zero-order valence-corrected chi connectivity index (χ0v) is 18.7. The molecule has 0 spiro atoms. The maximum absolute atomic E-state index is 9.97. The van der Waals surface area contributed by atoms with Gasteiger partial charge in [0.1, 0.15) is 10.9 Å². The highest BCUT2D eigenvalue weighted by Crippen LogP contribution is 2.30. The first-order valence-electron chi connectivity index (χ1n) is 11.0. The second-order valence-corrected chi connectivity index (χ2v) is 8.89. The Kier molecular flexibility index (Phi) is 6.96. The van der Waals surface area contributed by atoms with Crippen molar-refractivity contribution < 1.29 is 10.2 Å². The smallest absolute Gasteiger partial charge is 0.132 e. The summed E-state index contributed by atoms with van der Waals surface area (Å²) in [6, 6.07) is 18.0. The average molecular weight is 440 g/mol. The average Bonchev–Trinajstić information content (AvgIpc) is 3.02. The number of aliphatic hydroxyl groups is 1. The fourth-order valence-electron chi connectivity index (χ4n) is 4.46. The van der Waals surface area contributed by atoms with Crippen LogP contribution in [0.15, 0.2) is 54.6 Å². The third-order valence-corrected chi connectivity index (χ3v) is 6.62. The number of phenols is 1. The molecule has 5 nitrogen and oxygen atoms in total. The van der Waals surface area contributed by atoms with Crippen molar-refractivity contribution in [3.63, 3.8) is 0 Å². The van der Waals surface area contributed by atoms with Crippen molar-refractivity contribution >= 4 is 11.6 Å². The normalized spacial score (nSPS) is 19.1. The number of aromatic nitrogens is 2. The summed E-state index contributed by atoms with van der Waals surface area (Å²) in [5, 5.41) is 25.3. The molecule has 0 saturated heterocycles. The number of halogens is 1. The van der Waals surface area contributed by atoms with E-state index >= 15 is 0 Å². The maximum atomic E-state index is 9.97. The van der Waals surface area contributed by atoms with Crippen LogP contribution in [-0.2, 0) is 19.6 Å². The van der Waals surface area contributed by atoms with E-state index in [0.717, 1.165) is 54.6 Å². The number of phenolic OH excluding ortho intramolecular Hbond substituents is 1. The van der Waals surface area contributed by atoms with Gasteiger partial charge in [-0.05, 0) is 55.9 Å². The molecule has 1 fully saturated rings. The Morgan fingerprint density at radius 3 is 2.42 bits per heavy atom. The zero-order chi connectivity index (χ0) is 21.8. The van der Waals surface area contributed by atoms with Crippen LogP contribution < -0.4 is 0 Å². The first-order valence-corrected chi connectivity index (χ1v) is 11.3. The van der Waals surface area contributed by atoms with E-state index < -0.39 is 0 Å². The van der Waals surface area contributed by atoms with Crippen molar-refractivity contribution in [2.24, 2.45) is 0 Å². The van der Waals surface area contributed by atoms with E-state index in [-0.39, 0.29) is 11.9 Å². The molecule has 0 aliphatic heterocycles. The first kappa shape index (κ1) is 21.9. The number of rotatable bonds is 7. The summed E-state index contributed by atoms with van der Waals surface area (Å²) in [5.74, 6) is 0.279. The Morgan fingerprint density at radius 2 is 1.71 bits per heavy atom. The number of aromatic hydroxyl groups is 1. The highest BCUT2D eigenvalue weighted by Gasteiger charge is 2.27. The third-order valence-electron chi connectivity index (χ3n) is 6.20. The summed E-state index contributed by atoms with van der Waals surface area (Å²) < 4.78 is 1.87. The molecule has 1 aromatic heterocycles. The highest BCUT2D eigenvalue weighted by atomic mass is 35.5. The van der Waals surface area contributed by atoms with Gasteiger partial charge in [0.05, 0.1) is 18.3 Å². The minimum atomic E-state index is -0.196. The Balaban J connectivity index is 1.57. The topological polar surface area (TPSA) is 61.5 Å². The molecule has 31 heavy (non-hydrogen) atoms. The Labute approximate surface area is 188 Å². The molecule has 1 heterocycles. The monoisotopic (exact) mass is 439 g/mol. The van der Waals surface area contributed by atoms with E-state index in [2.05, 4.69) is 17.0 Å². The molecule has 1 saturated carbocycles. The predicted octanol–water partition coefficient (Wildman–Crippen LogP) is 4.90. The van der Waals surface area contributed by atoms with E-state index in [4.69, 9.17) is 16.7 Å². The van der Waals surface area contributed by atoms with Crippen molar-refractivity contribution in [2.45, 2.75) is 64.4 Å². The number of hydrogen-bond donors (Lipinski definition) is 2. The van der Waals surface area contributed by atoms with Crippen LogP contribution in [0.5, 0.6) is 5.75 Å². The van der Waals surface area contributed by atoms with Gasteiger partial charge in [0.15, 0.2) is 0 Å². The molecular formula is C25H30ClN3O2. The number of aryl methyl sites for hydroxylation is 1. The standard InChI is InChI=1S/C25H30ClN3O2/c1-18-24(25(26)29(27-18)16-19-6-3-2-4-7-19)17-28(21-10-12-22(30)13-11-21)15-20-8-5-9-23(31)14-20/h2-9,14,21-22,30-31H,10-13,15-17H2,1H3. The first-order chi connectivity index (χ1) is 15.0. The number of hydrogen-bond acceptors (Lipinski definition) is 4. The van der Waals surface area contributed by atoms with E-state index in [1.165, 1.54) is 0 Å². The minimum Gasteiger partial charge on any atom is -0.508 e. The van der Waals surface area contributed by atoms with Gasteiger partial charge in [-0.15, -0.1) is 0 Å². The second kappa shape index (κ2) is 9.86. The van der Waals surface area contributed by atoms with Crippen LogP contribution in [-0.4, -0.2) is 37.0 Å². The second-order valence-electron chi connectivity index (χ2n) is 8.54. The van der Waals surface area contributed by atoms with E-state index in [9.17, 15) is 10.2 Å². The van der Waals surface area contributed by atoms with E-state index in [1.807, 2.05) is 48.0 Å². The van der Waals surface area contributed by atoms with Gasteiger partial charge in [-0.1, -0.05) is 54.1 Å². The number of nitrogens with zero attached hydrogens (tertiary/aromatic N) is 3. The molecular weight excluding hydrogens is 410 g/mol. The highest BCUT2D eigenvalue weighted by molar-refractivity contribution is 6.30. The summed E-state index contributed by atoms with van der Waals surface area (Å²) in [6.07, 6.45) is 3.35. The van der Waals surface area contributed by atoms with Gasteiger partial charge in [0, 0.05) is 24.7 Å². The molecule has 0 radical (unpaired) electrons. The molecule has 4 rings (SSSR count). The zero-order valence-electron chi connectivity index (χ0n) is 17.9. The molecule has 0 bridgehead atoms. The molecule has 6 heteroatoms. The predicted molar refractivity (Wildman–Crippen MR) is 123 cm³/mol. The quantitative estimate of drug-likeness (QED) is 0.549. The Hall–Kier alpha value is -2.34. The lowest BCUT2D eigenvalue weighted by molar-refractivity contribution is 0.0665. The van der Waals surface area contributed by atoms with Gasteiger partial charge < -0.3 is 10.2 Å². The molecule has 1 aliphatic rings. The van der Waals surface area contributed by atoms with Gasteiger partial charge in [0.25, 0.3) is 0 Å². The van der Waals surface area contributed by atoms with Gasteiger partial charge in [0.2, 0.25) is 0 Å².